The maximum atomic E-state index is 9.74. The molecular weight excluding hydrogens is 264 g/mol. The summed E-state index contributed by atoms with van der Waals surface area (Å²) in [5.74, 6) is 2.38. The van der Waals surface area contributed by atoms with Crippen LogP contribution in [0.5, 0.6) is 17.2 Å². The topological polar surface area (TPSA) is 49.7 Å². The molecule has 1 aliphatic heterocycles. The number of rotatable bonds is 1. The highest BCUT2D eigenvalue weighted by Crippen LogP contribution is 2.54. The van der Waals surface area contributed by atoms with Crippen LogP contribution >= 0.6 is 0 Å². The van der Waals surface area contributed by atoms with Gasteiger partial charge in [0.05, 0.1) is 0 Å². The van der Waals surface area contributed by atoms with E-state index in [1.54, 1.807) is 18.2 Å². The molecule has 1 fully saturated rings. The second-order valence-electron chi connectivity index (χ2n) is 6.05. The van der Waals surface area contributed by atoms with Gasteiger partial charge in [0.2, 0.25) is 0 Å². The van der Waals surface area contributed by atoms with Gasteiger partial charge in [0.1, 0.15) is 23.4 Å². The minimum absolute atomic E-state index is 0.0372. The zero-order chi connectivity index (χ0) is 14.4. The van der Waals surface area contributed by atoms with Crippen LogP contribution in [0.1, 0.15) is 42.4 Å². The number of fused-ring (bicyclic) bond motifs is 3. The maximum Gasteiger partial charge on any atom is 0.127 e. The fourth-order valence-electron chi connectivity index (χ4n) is 3.87. The van der Waals surface area contributed by atoms with Crippen molar-refractivity contribution in [3.8, 4) is 17.2 Å². The van der Waals surface area contributed by atoms with Crippen molar-refractivity contribution in [2.75, 3.05) is 0 Å². The quantitative estimate of drug-likeness (QED) is 0.827. The van der Waals surface area contributed by atoms with E-state index < -0.39 is 0 Å². The second-order valence-corrected chi connectivity index (χ2v) is 6.05. The number of phenolic OH excluding ortho intramolecular Hbond substituents is 2. The van der Waals surface area contributed by atoms with Gasteiger partial charge in [-0.05, 0) is 54.7 Å². The molecule has 0 unspecified atom stereocenters. The van der Waals surface area contributed by atoms with Crippen molar-refractivity contribution in [3.05, 3.63) is 53.6 Å². The number of hydrogen-bond donors (Lipinski definition) is 2. The van der Waals surface area contributed by atoms with Crippen molar-refractivity contribution in [2.24, 2.45) is 5.92 Å². The van der Waals surface area contributed by atoms with Crippen LogP contribution in [0.2, 0.25) is 0 Å². The Hall–Kier alpha value is -2.16. The van der Waals surface area contributed by atoms with Gasteiger partial charge >= 0.3 is 0 Å². The molecule has 0 aromatic heterocycles. The molecule has 2 N–H and O–H groups in total. The summed E-state index contributed by atoms with van der Waals surface area (Å²) in [6.07, 6.45) is 3.53. The lowest BCUT2D eigenvalue weighted by atomic mass is 9.80. The molecule has 0 radical (unpaired) electrons. The molecule has 3 atom stereocenters. The summed E-state index contributed by atoms with van der Waals surface area (Å²) in [4.78, 5) is 0. The molecule has 3 nitrogen and oxygen atoms in total. The largest absolute Gasteiger partial charge is 0.508 e. The van der Waals surface area contributed by atoms with E-state index in [-0.39, 0.29) is 11.9 Å². The SMILES string of the molecule is Oc1ccc([C@H]2Oc3ccc(O)cc3[C@@H]3CCC[C@H]23)cc1. The molecule has 1 saturated carbocycles. The molecule has 2 aromatic carbocycles. The van der Waals surface area contributed by atoms with Gasteiger partial charge in [-0.1, -0.05) is 18.6 Å². The first-order chi connectivity index (χ1) is 10.2. The monoisotopic (exact) mass is 282 g/mol. The second kappa shape index (κ2) is 4.69. The van der Waals surface area contributed by atoms with Crippen molar-refractivity contribution in [1.29, 1.82) is 0 Å². The Balaban J connectivity index is 1.77. The van der Waals surface area contributed by atoms with E-state index in [1.165, 1.54) is 6.42 Å². The summed E-state index contributed by atoms with van der Waals surface area (Å²) in [5, 5.41) is 19.2. The van der Waals surface area contributed by atoms with Gasteiger partial charge in [-0.2, -0.15) is 0 Å². The predicted molar refractivity (Wildman–Crippen MR) is 79.7 cm³/mol. The fraction of sp³-hybridized carbons (Fsp3) is 0.333. The number of benzene rings is 2. The minimum Gasteiger partial charge on any atom is -0.508 e. The molecule has 1 heterocycles. The smallest absolute Gasteiger partial charge is 0.127 e. The average Bonchev–Trinajstić information content (AvgIpc) is 2.97. The highest BCUT2D eigenvalue weighted by Gasteiger charge is 2.41. The molecule has 2 aliphatic rings. The lowest BCUT2D eigenvalue weighted by Crippen LogP contribution is -2.26. The summed E-state index contributed by atoms with van der Waals surface area (Å²) in [5.41, 5.74) is 2.26. The standard InChI is InChI=1S/C18H18O3/c19-12-6-4-11(5-7-12)18-15-3-1-2-14(15)16-10-13(20)8-9-17(16)21-18/h4-10,14-15,18-20H,1-3H2/t14-,15+,18-/m1/s1. The summed E-state index contributed by atoms with van der Waals surface area (Å²) >= 11 is 0. The van der Waals surface area contributed by atoms with Gasteiger partial charge in [-0.25, -0.2) is 0 Å². The molecule has 4 rings (SSSR count). The highest BCUT2D eigenvalue weighted by molar-refractivity contribution is 5.45. The molecule has 2 aromatic rings. The maximum absolute atomic E-state index is 9.74. The highest BCUT2D eigenvalue weighted by atomic mass is 16.5. The van der Waals surface area contributed by atoms with Crippen molar-refractivity contribution < 1.29 is 14.9 Å². The zero-order valence-corrected chi connectivity index (χ0v) is 11.7. The molecule has 21 heavy (non-hydrogen) atoms. The van der Waals surface area contributed by atoms with Gasteiger partial charge in [0.15, 0.2) is 0 Å². The van der Waals surface area contributed by atoms with Crippen molar-refractivity contribution in [2.45, 2.75) is 31.3 Å². The Morgan fingerprint density at radius 1 is 0.905 bits per heavy atom. The lowest BCUT2D eigenvalue weighted by molar-refractivity contribution is 0.104. The Kier molecular flexibility index (Phi) is 2.81. The van der Waals surface area contributed by atoms with E-state index >= 15 is 0 Å². The Labute approximate surface area is 123 Å². The third-order valence-corrected chi connectivity index (χ3v) is 4.83. The summed E-state index contributed by atoms with van der Waals surface area (Å²) in [6.45, 7) is 0. The Morgan fingerprint density at radius 3 is 2.48 bits per heavy atom. The van der Waals surface area contributed by atoms with Crippen LogP contribution in [-0.4, -0.2) is 10.2 Å². The van der Waals surface area contributed by atoms with Gasteiger partial charge in [0, 0.05) is 11.5 Å². The van der Waals surface area contributed by atoms with Crippen LogP contribution in [-0.2, 0) is 0 Å². The van der Waals surface area contributed by atoms with Crippen LogP contribution in [0.15, 0.2) is 42.5 Å². The Morgan fingerprint density at radius 2 is 1.67 bits per heavy atom. The zero-order valence-electron chi connectivity index (χ0n) is 11.7. The predicted octanol–water partition coefficient (Wildman–Crippen LogP) is 4.12. The summed E-state index contributed by atoms with van der Waals surface area (Å²) in [7, 11) is 0. The van der Waals surface area contributed by atoms with E-state index in [0.29, 0.717) is 17.6 Å². The first-order valence-electron chi connectivity index (χ1n) is 7.51. The van der Waals surface area contributed by atoms with E-state index in [1.807, 2.05) is 24.3 Å². The molecule has 0 bridgehead atoms. The molecule has 3 heteroatoms. The van der Waals surface area contributed by atoms with Crippen molar-refractivity contribution in [1.82, 2.24) is 0 Å². The van der Waals surface area contributed by atoms with E-state index in [9.17, 15) is 10.2 Å². The third-order valence-electron chi connectivity index (χ3n) is 4.83. The minimum atomic E-state index is 0.0372. The third kappa shape index (κ3) is 2.04. The molecule has 108 valence electrons. The molecular formula is C18H18O3. The van der Waals surface area contributed by atoms with Gasteiger partial charge in [-0.15, -0.1) is 0 Å². The molecule has 0 saturated heterocycles. The molecule has 1 aliphatic carbocycles. The first kappa shape index (κ1) is 12.6. The fourth-order valence-corrected chi connectivity index (χ4v) is 3.87. The van der Waals surface area contributed by atoms with Crippen LogP contribution < -0.4 is 4.74 Å². The molecule has 0 spiro atoms. The van der Waals surface area contributed by atoms with Gasteiger partial charge in [0.25, 0.3) is 0 Å². The van der Waals surface area contributed by atoms with E-state index in [2.05, 4.69) is 0 Å². The Bertz CT molecular complexity index is 663. The number of aromatic hydroxyl groups is 2. The first-order valence-corrected chi connectivity index (χ1v) is 7.51. The van der Waals surface area contributed by atoms with Crippen LogP contribution in [0.4, 0.5) is 0 Å². The van der Waals surface area contributed by atoms with Crippen molar-refractivity contribution in [3.63, 3.8) is 0 Å². The van der Waals surface area contributed by atoms with E-state index in [0.717, 1.165) is 29.7 Å². The number of ether oxygens (including phenoxy) is 1. The van der Waals surface area contributed by atoms with Crippen LogP contribution in [0, 0.1) is 5.92 Å². The van der Waals surface area contributed by atoms with Gasteiger partial charge in [-0.3, -0.25) is 0 Å². The number of hydrogen-bond acceptors (Lipinski definition) is 3. The summed E-state index contributed by atoms with van der Waals surface area (Å²) in [6, 6.07) is 12.7. The lowest BCUT2D eigenvalue weighted by Gasteiger charge is -2.36. The average molecular weight is 282 g/mol. The van der Waals surface area contributed by atoms with Crippen LogP contribution in [0.3, 0.4) is 0 Å². The van der Waals surface area contributed by atoms with E-state index in [4.69, 9.17) is 4.74 Å². The number of phenols is 2. The van der Waals surface area contributed by atoms with Crippen LogP contribution in [0.25, 0.3) is 0 Å². The summed E-state index contributed by atoms with van der Waals surface area (Å²) < 4.78 is 6.23. The van der Waals surface area contributed by atoms with Crippen molar-refractivity contribution >= 4 is 0 Å². The van der Waals surface area contributed by atoms with Gasteiger partial charge < -0.3 is 14.9 Å². The normalized spacial score (nSPS) is 26.8. The molecule has 0 amide bonds.